The SMILES string of the molecule is CCC(C)(CCO)NC(=O)c1ccc(-c2nc(C)no2)cc1. The summed E-state index contributed by atoms with van der Waals surface area (Å²) in [5.41, 5.74) is 0.914. The second-order valence-corrected chi connectivity index (χ2v) is 5.57. The molecule has 0 aliphatic rings. The maximum absolute atomic E-state index is 12.3. The Morgan fingerprint density at radius 3 is 2.55 bits per heavy atom. The van der Waals surface area contributed by atoms with Crippen molar-refractivity contribution in [1.29, 1.82) is 0 Å². The summed E-state index contributed by atoms with van der Waals surface area (Å²) < 4.78 is 5.09. The van der Waals surface area contributed by atoms with Crippen LogP contribution in [-0.4, -0.2) is 33.3 Å². The van der Waals surface area contributed by atoms with E-state index >= 15 is 0 Å². The molecule has 1 aromatic heterocycles. The Morgan fingerprint density at radius 1 is 1.36 bits per heavy atom. The highest BCUT2D eigenvalue weighted by Gasteiger charge is 2.24. The number of aliphatic hydroxyl groups excluding tert-OH is 1. The van der Waals surface area contributed by atoms with Crippen molar-refractivity contribution in [1.82, 2.24) is 15.5 Å². The Kier molecular flexibility index (Phi) is 4.92. The van der Waals surface area contributed by atoms with Crippen LogP contribution in [0.15, 0.2) is 28.8 Å². The van der Waals surface area contributed by atoms with Gasteiger partial charge in [-0.1, -0.05) is 12.1 Å². The third kappa shape index (κ3) is 3.71. The largest absolute Gasteiger partial charge is 0.396 e. The summed E-state index contributed by atoms with van der Waals surface area (Å²) in [6.07, 6.45) is 1.27. The molecule has 1 heterocycles. The number of hydrogen-bond donors (Lipinski definition) is 2. The van der Waals surface area contributed by atoms with Gasteiger partial charge in [0.15, 0.2) is 5.82 Å². The molecule has 1 unspecified atom stereocenters. The summed E-state index contributed by atoms with van der Waals surface area (Å²) >= 11 is 0. The number of rotatable bonds is 6. The number of aryl methyl sites for hydroxylation is 1. The molecule has 0 saturated heterocycles. The van der Waals surface area contributed by atoms with Gasteiger partial charge in [0.1, 0.15) is 0 Å². The van der Waals surface area contributed by atoms with Crippen LogP contribution in [0.1, 0.15) is 42.9 Å². The molecule has 0 bridgehead atoms. The molecule has 1 aromatic carbocycles. The van der Waals surface area contributed by atoms with Crippen LogP contribution in [0.3, 0.4) is 0 Å². The predicted molar refractivity (Wildman–Crippen MR) is 82.3 cm³/mol. The fourth-order valence-electron chi connectivity index (χ4n) is 2.10. The zero-order valence-corrected chi connectivity index (χ0v) is 13.1. The van der Waals surface area contributed by atoms with Gasteiger partial charge in [-0.2, -0.15) is 4.98 Å². The number of benzene rings is 1. The van der Waals surface area contributed by atoms with E-state index in [0.717, 1.165) is 12.0 Å². The molecule has 0 aliphatic carbocycles. The fraction of sp³-hybridized carbons (Fsp3) is 0.438. The Bertz CT molecular complexity index is 636. The average molecular weight is 303 g/mol. The lowest BCUT2D eigenvalue weighted by molar-refractivity contribution is 0.0886. The van der Waals surface area contributed by atoms with Crippen LogP contribution in [0.4, 0.5) is 0 Å². The topological polar surface area (TPSA) is 88.2 Å². The van der Waals surface area contributed by atoms with Gasteiger partial charge in [-0.3, -0.25) is 4.79 Å². The third-order valence-electron chi connectivity index (χ3n) is 3.78. The van der Waals surface area contributed by atoms with Crippen molar-refractivity contribution in [2.75, 3.05) is 6.61 Å². The van der Waals surface area contributed by atoms with E-state index in [9.17, 15) is 4.79 Å². The normalized spacial score (nSPS) is 13.6. The van der Waals surface area contributed by atoms with Gasteiger partial charge in [-0.25, -0.2) is 0 Å². The maximum Gasteiger partial charge on any atom is 0.257 e. The smallest absolute Gasteiger partial charge is 0.257 e. The lowest BCUT2D eigenvalue weighted by Crippen LogP contribution is -2.46. The molecule has 0 fully saturated rings. The first-order valence-electron chi connectivity index (χ1n) is 7.31. The van der Waals surface area contributed by atoms with Crippen molar-refractivity contribution in [3.05, 3.63) is 35.7 Å². The van der Waals surface area contributed by atoms with E-state index in [1.165, 1.54) is 0 Å². The van der Waals surface area contributed by atoms with Crippen molar-refractivity contribution < 1.29 is 14.4 Å². The Balaban J connectivity index is 2.11. The van der Waals surface area contributed by atoms with Gasteiger partial charge >= 0.3 is 0 Å². The number of hydrogen-bond acceptors (Lipinski definition) is 5. The van der Waals surface area contributed by atoms with Crippen molar-refractivity contribution in [2.24, 2.45) is 0 Å². The monoisotopic (exact) mass is 303 g/mol. The summed E-state index contributed by atoms with van der Waals surface area (Å²) in [6.45, 7) is 5.70. The van der Waals surface area contributed by atoms with E-state index in [1.54, 1.807) is 31.2 Å². The summed E-state index contributed by atoms with van der Waals surface area (Å²) in [4.78, 5) is 16.4. The Morgan fingerprint density at radius 2 is 2.05 bits per heavy atom. The van der Waals surface area contributed by atoms with Crippen LogP contribution in [0.2, 0.25) is 0 Å². The molecular formula is C16H21N3O3. The summed E-state index contributed by atoms with van der Waals surface area (Å²) in [5.74, 6) is 0.841. The number of amides is 1. The number of nitrogens with zero attached hydrogens (tertiary/aromatic N) is 2. The first-order chi connectivity index (χ1) is 10.5. The standard InChI is InChI=1S/C16H21N3O3/c1-4-16(3,9-10-20)18-14(21)12-5-7-13(8-6-12)15-17-11(2)19-22-15/h5-8,20H,4,9-10H2,1-3H3,(H,18,21). The van der Waals surface area contributed by atoms with E-state index in [4.69, 9.17) is 9.63 Å². The zero-order valence-electron chi connectivity index (χ0n) is 13.1. The summed E-state index contributed by atoms with van der Waals surface area (Å²) in [7, 11) is 0. The van der Waals surface area contributed by atoms with Crippen molar-refractivity contribution in [2.45, 2.75) is 39.2 Å². The minimum absolute atomic E-state index is 0.0417. The number of carbonyl (C=O) groups excluding carboxylic acids is 1. The first kappa shape index (κ1) is 16.2. The molecule has 6 nitrogen and oxygen atoms in total. The number of aromatic nitrogens is 2. The molecule has 0 saturated carbocycles. The molecule has 0 spiro atoms. The van der Waals surface area contributed by atoms with Gasteiger partial charge in [0, 0.05) is 23.3 Å². The van der Waals surface area contributed by atoms with Crippen molar-refractivity contribution >= 4 is 5.91 Å². The van der Waals surface area contributed by atoms with Crippen LogP contribution in [0, 0.1) is 6.92 Å². The number of aliphatic hydroxyl groups is 1. The van der Waals surface area contributed by atoms with Crippen molar-refractivity contribution in [3.63, 3.8) is 0 Å². The fourth-order valence-corrected chi connectivity index (χ4v) is 2.10. The molecule has 1 atom stereocenters. The summed E-state index contributed by atoms with van der Waals surface area (Å²) in [6, 6.07) is 6.99. The molecule has 2 aromatic rings. The van der Waals surface area contributed by atoms with E-state index in [2.05, 4.69) is 15.5 Å². The quantitative estimate of drug-likeness (QED) is 0.855. The van der Waals surface area contributed by atoms with Gasteiger partial charge in [0.05, 0.1) is 0 Å². The highest BCUT2D eigenvalue weighted by molar-refractivity contribution is 5.95. The lowest BCUT2D eigenvalue weighted by atomic mass is 9.94. The molecule has 2 rings (SSSR count). The van der Waals surface area contributed by atoms with Crippen LogP contribution >= 0.6 is 0 Å². The molecular weight excluding hydrogens is 282 g/mol. The van der Waals surface area contributed by atoms with Crippen molar-refractivity contribution in [3.8, 4) is 11.5 Å². The minimum Gasteiger partial charge on any atom is -0.396 e. The zero-order chi connectivity index (χ0) is 16.2. The van der Waals surface area contributed by atoms with Gasteiger partial charge in [-0.05, 0) is 51.0 Å². The molecule has 6 heteroatoms. The molecule has 22 heavy (non-hydrogen) atoms. The minimum atomic E-state index is -0.409. The average Bonchev–Trinajstić information content (AvgIpc) is 2.94. The first-order valence-corrected chi connectivity index (χ1v) is 7.31. The highest BCUT2D eigenvalue weighted by Crippen LogP contribution is 2.19. The van der Waals surface area contributed by atoms with Gasteiger partial charge in [0.2, 0.25) is 0 Å². The molecule has 2 N–H and O–H groups in total. The third-order valence-corrected chi connectivity index (χ3v) is 3.78. The second-order valence-electron chi connectivity index (χ2n) is 5.57. The number of nitrogens with one attached hydrogen (secondary N) is 1. The van der Waals surface area contributed by atoms with Gasteiger partial charge in [0.25, 0.3) is 11.8 Å². The molecule has 1 amide bonds. The predicted octanol–water partition coefficient (Wildman–Crippen LogP) is 2.33. The van der Waals surface area contributed by atoms with Crippen LogP contribution in [0.5, 0.6) is 0 Å². The van der Waals surface area contributed by atoms with Crippen LogP contribution in [0.25, 0.3) is 11.5 Å². The number of carbonyl (C=O) groups is 1. The molecule has 0 aliphatic heterocycles. The summed E-state index contributed by atoms with van der Waals surface area (Å²) in [5, 5.41) is 15.8. The highest BCUT2D eigenvalue weighted by atomic mass is 16.5. The van der Waals surface area contributed by atoms with E-state index in [-0.39, 0.29) is 12.5 Å². The van der Waals surface area contributed by atoms with Gasteiger partial charge < -0.3 is 14.9 Å². The van der Waals surface area contributed by atoms with Crippen LogP contribution < -0.4 is 5.32 Å². The molecule has 0 radical (unpaired) electrons. The van der Waals surface area contributed by atoms with Gasteiger partial charge in [-0.15, -0.1) is 0 Å². The second kappa shape index (κ2) is 6.70. The van der Waals surface area contributed by atoms with E-state index in [0.29, 0.717) is 23.7 Å². The van der Waals surface area contributed by atoms with Crippen LogP contribution in [-0.2, 0) is 0 Å². The van der Waals surface area contributed by atoms with E-state index in [1.807, 2.05) is 13.8 Å². The maximum atomic E-state index is 12.3. The van der Waals surface area contributed by atoms with E-state index < -0.39 is 5.54 Å². The Hall–Kier alpha value is -2.21. The lowest BCUT2D eigenvalue weighted by Gasteiger charge is -2.29. The Labute approximate surface area is 129 Å². The molecule has 118 valence electrons.